The fourth-order valence-corrected chi connectivity index (χ4v) is 4.05. The molecule has 0 N–H and O–H groups in total. The second kappa shape index (κ2) is 10.7. The predicted octanol–water partition coefficient (Wildman–Crippen LogP) is 4.45. The highest BCUT2D eigenvalue weighted by Crippen LogP contribution is 2.35. The minimum Gasteiger partial charge on any atom is -0.444 e. The highest BCUT2D eigenvalue weighted by molar-refractivity contribution is 6.00. The molecule has 0 aliphatic carbocycles. The van der Waals surface area contributed by atoms with Crippen molar-refractivity contribution in [3.63, 3.8) is 0 Å². The van der Waals surface area contributed by atoms with Gasteiger partial charge in [0.15, 0.2) is 12.0 Å². The van der Waals surface area contributed by atoms with E-state index in [0.29, 0.717) is 18.5 Å². The van der Waals surface area contributed by atoms with Crippen LogP contribution in [0.3, 0.4) is 0 Å². The molecule has 1 saturated heterocycles. The Morgan fingerprint density at radius 1 is 1.03 bits per heavy atom. The average Bonchev–Trinajstić information content (AvgIpc) is 3.13. The van der Waals surface area contributed by atoms with E-state index in [-0.39, 0.29) is 25.4 Å². The Morgan fingerprint density at radius 2 is 1.69 bits per heavy atom. The standard InChI is InChI=1S/C27H36N2O7/c1-26(2,3)23-29(25(33)34-17-18-11-8-7-9-12-18)20(22(31)35-23)15-21(30)19-13-10-14-28(16-19)24(32)36-27(4,5)6/h7-9,11-13,20,23H,10,14-17H2,1-6H3/t20-,23-/m0/s1. The lowest BCUT2D eigenvalue weighted by Gasteiger charge is -2.33. The molecule has 36 heavy (non-hydrogen) atoms. The van der Waals surface area contributed by atoms with Crippen LogP contribution in [-0.4, -0.2) is 64.7 Å². The quantitative estimate of drug-likeness (QED) is 0.435. The number of ether oxygens (including phenoxy) is 3. The first-order valence-electron chi connectivity index (χ1n) is 12.2. The van der Waals surface area contributed by atoms with E-state index < -0.39 is 41.4 Å². The Labute approximate surface area is 212 Å². The second-order valence-electron chi connectivity index (χ2n) is 11.2. The van der Waals surface area contributed by atoms with Gasteiger partial charge < -0.3 is 19.1 Å². The smallest absolute Gasteiger partial charge is 0.413 e. The van der Waals surface area contributed by atoms with Crippen molar-refractivity contribution in [2.24, 2.45) is 5.41 Å². The maximum absolute atomic E-state index is 13.2. The van der Waals surface area contributed by atoms with Gasteiger partial charge in [0.25, 0.3) is 0 Å². The first-order valence-corrected chi connectivity index (χ1v) is 12.2. The fourth-order valence-electron chi connectivity index (χ4n) is 4.05. The second-order valence-corrected chi connectivity index (χ2v) is 11.2. The van der Waals surface area contributed by atoms with Crippen molar-refractivity contribution in [3.05, 3.63) is 47.5 Å². The average molecular weight is 501 g/mol. The summed E-state index contributed by atoms with van der Waals surface area (Å²) in [4.78, 5) is 54.4. The van der Waals surface area contributed by atoms with E-state index in [1.165, 1.54) is 9.80 Å². The van der Waals surface area contributed by atoms with E-state index in [1.54, 1.807) is 26.8 Å². The van der Waals surface area contributed by atoms with E-state index >= 15 is 0 Å². The number of amides is 2. The largest absolute Gasteiger partial charge is 0.444 e. The number of esters is 1. The van der Waals surface area contributed by atoms with Gasteiger partial charge in [-0.15, -0.1) is 0 Å². The summed E-state index contributed by atoms with van der Waals surface area (Å²) in [6.45, 7) is 11.4. The van der Waals surface area contributed by atoms with Gasteiger partial charge in [0.2, 0.25) is 0 Å². The molecule has 0 radical (unpaired) electrons. The van der Waals surface area contributed by atoms with Crippen LogP contribution in [-0.2, 0) is 30.4 Å². The molecule has 2 atom stereocenters. The van der Waals surface area contributed by atoms with Crippen molar-refractivity contribution in [1.82, 2.24) is 9.80 Å². The molecule has 3 rings (SSSR count). The molecular weight excluding hydrogens is 464 g/mol. The predicted molar refractivity (Wildman–Crippen MR) is 132 cm³/mol. The van der Waals surface area contributed by atoms with Crippen LogP contribution in [0.1, 0.15) is 59.9 Å². The molecule has 2 aliphatic heterocycles. The van der Waals surface area contributed by atoms with Crippen LogP contribution in [0.25, 0.3) is 0 Å². The summed E-state index contributed by atoms with van der Waals surface area (Å²) in [5, 5.41) is 0. The van der Waals surface area contributed by atoms with Gasteiger partial charge in [0, 0.05) is 24.0 Å². The number of cyclic esters (lactones) is 1. The minimum atomic E-state index is -1.12. The van der Waals surface area contributed by atoms with Crippen LogP contribution in [0.5, 0.6) is 0 Å². The Bertz CT molecular complexity index is 1020. The summed E-state index contributed by atoms with van der Waals surface area (Å²) in [6.07, 6.45) is -0.119. The molecule has 9 nitrogen and oxygen atoms in total. The van der Waals surface area contributed by atoms with E-state index in [9.17, 15) is 19.2 Å². The van der Waals surface area contributed by atoms with Gasteiger partial charge in [-0.3, -0.25) is 9.69 Å². The van der Waals surface area contributed by atoms with E-state index in [0.717, 1.165) is 5.56 Å². The van der Waals surface area contributed by atoms with Gasteiger partial charge >= 0.3 is 18.2 Å². The van der Waals surface area contributed by atoms with Gasteiger partial charge in [-0.1, -0.05) is 57.2 Å². The van der Waals surface area contributed by atoms with Crippen LogP contribution in [0, 0.1) is 5.41 Å². The molecule has 0 spiro atoms. The van der Waals surface area contributed by atoms with Crippen molar-refractivity contribution in [2.75, 3.05) is 13.1 Å². The zero-order chi connectivity index (χ0) is 26.7. The number of hydrogen-bond acceptors (Lipinski definition) is 7. The summed E-state index contributed by atoms with van der Waals surface area (Å²) < 4.78 is 16.5. The molecule has 1 aromatic rings. The molecule has 196 valence electrons. The molecule has 1 fully saturated rings. The van der Waals surface area contributed by atoms with Crippen LogP contribution in [0.2, 0.25) is 0 Å². The fraction of sp³-hybridized carbons (Fsp3) is 0.556. The highest BCUT2D eigenvalue weighted by Gasteiger charge is 2.51. The topological polar surface area (TPSA) is 102 Å². The number of benzene rings is 1. The Kier molecular flexibility index (Phi) is 8.11. The lowest BCUT2D eigenvalue weighted by Crippen LogP contribution is -2.49. The molecule has 2 aliphatic rings. The normalized spacial score (nSPS) is 20.5. The molecule has 0 bridgehead atoms. The molecule has 9 heteroatoms. The van der Waals surface area contributed by atoms with Crippen LogP contribution >= 0.6 is 0 Å². The van der Waals surface area contributed by atoms with Crippen molar-refractivity contribution >= 4 is 23.9 Å². The van der Waals surface area contributed by atoms with Gasteiger partial charge in [-0.05, 0) is 32.8 Å². The molecule has 1 aromatic carbocycles. The van der Waals surface area contributed by atoms with Crippen molar-refractivity contribution in [3.8, 4) is 0 Å². The van der Waals surface area contributed by atoms with Crippen molar-refractivity contribution in [2.45, 2.75) is 78.9 Å². The van der Waals surface area contributed by atoms with Gasteiger partial charge in [0.05, 0.1) is 6.54 Å². The lowest BCUT2D eigenvalue weighted by molar-refractivity contribution is -0.147. The number of nitrogens with zero attached hydrogens (tertiary/aromatic N) is 2. The first-order chi connectivity index (χ1) is 16.8. The number of carbonyl (C=O) groups excluding carboxylic acids is 4. The molecular formula is C27H36N2O7. The van der Waals surface area contributed by atoms with E-state index in [2.05, 4.69) is 0 Å². The molecule has 0 aromatic heterocycles. The number of carbonyl (C=O) groups is 4. The lowest BCUT2D eigenvalue weighted by atomic mass is 9.92. The number of rotatable bonds is 5. The Hall–Kier alpha value is -3.36. The van der Waals surface area contributed by atoms with Crippen molar-refractivity contribution < 1.29 is 33.4 Å². The third kappa shape index (κ3) is 6.86. The summed E-state index contributed by atoms with van der Waals surface area (Å²) in [7, 11) is 0. The zero-order valence-electron chi connectivity index (χ0n) is 21.9. The summed E-state index contributed by atoms with van der Waals surface area (Å²) in [5.41, 5.74) is -0.0568. The molecule has 2 amide bonds. The Balaban J connectivity index is 1.73. The third-order valence-corrected chi connectivity index (χ3v) is 5.78. The van der Waals surface area contributed by atoms with E-state index in [4.69, 9.17) is 14.2 Å². The molecule has 0 saturated carbocycles. The van der Waals surface area contributed by atoms with Crippen molar-refractivity contribution in [1.29, 1.82) is 0 Å². The number of hydrogen-bond donors (Lipinski definition) is 0. The first kappa shape index (κ1) is 27.2. The SMILES string of the molecule is CC(C)(C)OC(=O)N1CCC=C(C(=O)C[C@H]2C(=O)O[C@@H](C(C)(C)C)N2C(=O)OCc2ccccc2)C1. The van der Waals surface area contributed by atoms with Gasteiger partial charge in [0.1, 0.15) is 18.2 Å². The zero-order valence-corrected chi connectivity index (χ0v) is 21.9. The molecule has 2 heterocycles. The number of ketones is 1. The molecule has 0 unspecified atom stereocenters. The summed E-state index contributed by atoms with van der Waals surface area (Å²) >= 11 is 0. The monoisotopic (exact) mass is 500 g/mol. The van der Waals surface area contributed by atoms with Crippen LogP contribution < -0.4 is 0 Å². The third-order valence-electron chi connectivity index (χ3n) is 5.78. The van der Waals surface area contributed by atoms with Crippen LogP contribution in [0.4, 0.5) is 9.59 Å². The maximum atomic E-state index is 13.2. The van der Waals surface area contributed by atoms with E-state index in [1.807, 2.05) is 51.1 Å². The van der Waals surface area contributed by atoms with Crippen LogP contribution in [0.15, 0.2) is 42.0 Å². The summed E-state index contributed by atoms with van der Waals surface area (Å²) in [5.74, 6) is -0.985. The van der Waals surface area contributed by atoms with Gasteiger partial charge in [-0.25, -0.2) is 14.4 Å². The minimum absolute atomic E-state index is 0.0257. The van der Waals surface area contributed by atoms with Gasteiger partial charge in [-0.2, -0.15) is 0 Å². The number of Topliss-reactive ketones (excluding diaryl/α,β-unsaturated/α-hetero) is 1. The summed E-state index contributed by atoms with van der Waals surface area (Å²) in [6, 6.07) is 8.06. The highest BCUT2D eigenvalue weighted by atomic mass is 16.6. The Morgan fingerprint density at radius 3 is 2.31 bits per heavy atom. The maximum Gasteiger partial charge on any atom is 0.413 e.